The Morgan fingerprint density at radius 1 is 1.04 bits per heavy atom. The van der Waals surface area contributed by atoms with Gasteiger partial charge in [-0.05, 0) is 38.1 Å². The van der Waals surface area contributed by atoms with Crippen molar-refractivity contribution in [2.45, 2.75) is 13.8 Å². The van der Waals surface area contributed by atoms with Crippen LogP contribution < -0.4 is 19.5 Å². The molecule has 1 aromatic carbocycles. The van der Waals surface area contributed by atoms with Gasteiger partial charge in [-0.25, -0.2) is 0 Å². The Labute approximate surface area is 150 Å². The Morgan fingerprint density at radius 2 is 1.85 bits per heavy atom. The van der Waals surface area contributed by atoms with Crippen LogP contribution in [0.3, 0.4) is 0 Å². The summed E-state index contributed by atoms with van der Waals surface area (Å²) in [7, 11) is 0. The minimum Gasteiger partial charge on any atom is -0.490 e. The Hall–Kier alpha value is -3.29. The number of hydrogen-bond acceptors (Lipinski definition) is 6. The van der Waals surface area contributed by atoms with E-state index in [-0.39, 0.29) is 18.5 Å². The van der Waals surface area contributed by atoms with E-state index in [0.717, 1.165) is 0 Å². The van der Waals surface area contributed by atoms with Crippen LogP contribution in [0, 0.1) is 0 Å². The lowest BCUT2D eigenvalue weighted by atomic mass is 10.2. The van der Waals surface area contributed by atoms with Crippen LogP contribution in [-0.4, -0.2) is 40.3 Å². The van der Waals surface area contributed by atoms with Crippen LogP contribution in [-0.2, 0) is 4.79 Å². The standard InChI is InChI=1S/C18H20N4O4/c1-3-24-14-9-8-13(11-15(14)25-4-2)19-17(23)12-26-18-21-20-16-7-5-6-10-22(16)18/h5-11H,3-4,12H2,1-2H3,(H,19,23). The van der Waals surface area contributed by atoms with Crippen molar-refractivity contribution in [2.24, 2.45) is 0 Å². The molecule has 8 heteroatoms. The van der Waals surface area contributed by atoms with Crippen molar-refractivity contribution in [1.82, 2.24) is 14.6 Å². The minimum absolute atomic E-state index is 0.188. The number of amides is 1. The molecule has 0 saturated carbocycles. The molecule has 0 unspecified atom stereocenters. The molecule has 1 N–H and O–H groups in total. The molecule has 8 nitrogen and oxygen atoms in total. The van der Waals surface area contributed by atoms with Gasteiger partial charge in [0.1, 0.15) is 0 Å². The first-order chi connectivity index (χ1) is 12.7. The van der Waals surface area contributed by atoms with E-state index in [1.807, 2.05) is 26.0 Å². The maximum absolute atomic E-state index is 12.2. The summed E-state index contributed by atoms with van der Waals surface area (Å²) in [6, 6.07) is 11.0. The maximum Gasteiger partial charge on any atom is 0.322 e. The predicted octanol–water partition coefficient (Wildman–Crippen LogP) is 2.54. The normalized spacial score (nSPS) is 10.5. The number of nitrogens with one attached hydrogen (secondary N) is 1. The second-order valence-electron chi connectivity index (χ2n) is 5.28. The van der Waals surface area contributed by atoms with Crippen molar-refractivity contribution >= 4 is 17.2 Å². The second kappa shape index (κ2) is 8.19. The summed E-state index contributed by atoms with van der Waals surface area (Å²) in [5, 5.41) is 10.6. The van der Waals surface area contributed by atoms with Crippen molar-refractivity contribution in [3.8, 4) is 17.5 Å². The molecular formula is C18H20N4O4. The Kier molecular flexibility index (Phi) is 5.52. The fourth-order valence-electron chi connectivity index (χ4n) is 2.37. The molecule has 0 fully saturated rings. The molecule has 0 aliphatic carbocycles. The van der Waals surface area contributed by atoms with Crippen molar-refractivity contribution < 1.29 is 19.0 Å². The number of carbonyl (C=O) groups excluding carboxylic acids is 1. The number of aromatic nitrogens is 3. The van der Waals surface area contributed by atoms with Gasteiger partial charge in [-0.15, -0.1) is 5.10 Å². The van der Waals surface area contributed by atoms with Crippen molar-refractivity contribution in [3.63, 3.8) is 0 Å². The highest BCUT2D eigenvalue weighted by Gasteiger charge is 2.11. The second-order valence-corrected chi connectivity index (χ2v) is 5.28. The first-order valence-corrected chi connectivity index (χ1v) is 8.33. The van der Waals surface area contributed by atoms with Crippen LogP contribution in [0.2, 0.25) is 0 Å². The molecule has 0 aliphatic rings. The maximum atomic E-state index is 12.2. The van der Waals surface area contributed by atoms with E-state index in [9.17, 15) is 4.79 Å². The summed E-state index contributed by atoms with van der Waals surface area (Å²) in [5.74, 6) is 0.902. The van der Waals surface area contributed by atoms with Gasteiger partial charge < -0.3 is 19.5 Å². The molecule has 136 valence electrons. The number of ether oxygens (including phenoxy) is 3. The highest BCUT2D eigenvalue weighted by Crippen LogP contribution is 2.30. The highest BCUT2D eigenvalue weighted by atomic mass is 16.5. The largest absolute Gasteiger partial charge is 0.490 e. The summed E-state index contributed by atoms with van der Waals surface area (Å²) in [6.45, 7) is 4.63. The third kappa shape index (κ3) is 4.02. The molecule has 26 heavy (non-hydrogen) atoms. The molecule has 0 atom stereocenters. The topological polar surface area (TPSA) is 87.0 Å². The number of rotatable bonds is 8. The quantitative estimate of drug-likeness (QED) is 0.667. The van der Waals surface area contributed by atoms with E-state index in [2.05, 4.69) is 15.5 Å². The first kappa shape index (κ1) is 17.5. The zero-order valence-electron chi connectivity index (χ0n) is 14.6. The van der Waals surface area contributed by atoms with Crippen LogP contribution in [0.5, 0.6) is 17.5 Å². The number of nitrogens with zero attached hydrogens (tertiary/aromatic N) is 3. The van der Waals surface area contributed by atoms with Gasteiger partial charge in [0.25, 0.3) is 5.91 Å². The van der Waals surface area contributed by atoms with E-state index >= 15 is 0 Å². The van der Waals surface area contributed by atoms with E-state index in [1.54, 1.807) is 34.9 Å². The molecule has 0 spiro atoms. The fraction of sp³-hybridized carbons (Fsp3) is 0.278. The number of fused-ring (bicyclic) bond motifs is 1. The van der Waals surface area contributed by atoms with Crippen molar-refractivity contribution in [2.75, 3.05) is 25.1 Å². The Morgan fingerprint density at radius 3 is 2.65 bits per heavy atom. The zero-order valence-corrected chi connectivity index (χ0v) is 14.6. The van der Waals surface area contributed by atoms with E-state index in [4.69, 9.17) is 14.2 Å². The van der Waals surface area contributed by atoms with Crippen LogP contribution in [0.4, 0.5) is 5.69 Å². The average Bonchev–Trinajstić information content (AvgIpc) is 3.06. The van der Waals surface area contributed by atoms with Crippen molar-refractivity contribution in [3.05, 3.63) is 42.6 Å². The van der Waals surface area contributed by atoms with Crippen LogP contribution in [0.15, 0.2) is 42.6 Å². The van der Waals surface area contributed by atoms with Crippen LogP contribution >= 0.6 is 0 Å². The number of hydrogen-bond donors (Lipinski definition) is 1. The summed E-state index contributed by atoms with van der Waals surface area (Å²) < 4.78 is 18.2. The summed E-state index contributed by atoms with van der Waals surface area (Å²) in [5.41, 5.74) is 1.24. The van der Waals surface area contributed by atoms with Gasteiger partial charge in [0.2, 0.25) is 0 Å². The lowest BCUT2D eigenvalue weighted by molar-refractivity contribution is -0.118. The van der Waals surface area contributed by atoms with Gasteiger partial charge in [-0.2, -0.15) is 0 Å². The van der Waals surface area contributed by atoms with Gasteiger partial charge in [-0.3, -0.25) is 9.20 Å². The van der Waals surface area contributed by atoms with Gasteiger partial charge >= 0.3 is 6.01 Å². The molecule has 0 radical (unpaired) electrons. The molecule has 1 amide bonds. The summed E-state index contributed by atoms with van der Waals surface area (Å²) >= 11 is 0. The fourth-order valence-corrected chi connectivity index (χ4v) is 2.37. The number of carbonyl (C=O) groups is 1. The third-order valence-electron chi connectivity index (χ3n) is 3.44. The van der Waals surface area contributed by atoms with Crippen molar-refractivity contribution in [1.29, 1.82) is 0 Å². The SMILES string of the molecule is CCOc1ccc(NC(=O)COc2nnc3ccccn23)cc1OCC. The Balaban J connectivity index is 1.63. The first-order valence-electron chi connectivity index (χ1n) is 8.33. The lowest BCUT2D eigenvalue weighted by Crippen LogP contribution is -2.21. The Bertz CT molecular complexity index is 894. The molecule has 0 aliphatic heterocycles. The smallest absolute Gasteiger partial charge is 0.322 e. The molecule has 3 aromatic rings. The van der Waals surface area contributed by atoms with Crippen LogP contribution in [0.1, 0.15) is 13.8 Å². The number of pyridine rings is 1. The molecular weight excluding hydrogens is 336 g/mol. The summed E-state index contributed by atoms with van der Waals surface area (Å²) in [4.78, 5) is 12.2. The monoisotopic (exact) mass is 356 g/mol. The lowest BCUT2D eigenvalue weighted by Gasteiger charge is -2.13. The highest BCUT2D eigenvalue weighted by molar-refractivity contribution is 5.92. The van der Waals surface area contributed by atoms with Gasteiger partial charge in [-0.1, -0.05) is 11.2 Å². The van der Waals surface area contributed by atoms with E-state index in [1.165, 1.54) is 0 Å². The molecule has 3 rings (SSSR count). The average molecular weight is 356 g/mol. The predicted molar refractivity (Wildman–Crippen MR) is 95.9 cm³/mol. The van der Waals surface area contributed by atoms with Crippen LogP contribution in [0.25, 0.3) is 5.65 Å². The molecule has 0 bridgehead atoms. The number of anilines is 1. The zero-order chi connectivity index (χ0) is 18.4. The van der Waals surface area contributed by atoms with Gasteiger partial charge in [0, 0.05) is 18.0 Å². The third-order valence-corrected chi connectivity index (χ3v) is 3.44. The summed E-state index contributed by atoms with van der Waals surface area (Å²) in [6.07, 6.45) is 1.77. The van der Waals surface area contributed by atoms with E-state index in [0.29, 0.717) is 36.0 Å². The minimum atomic E-state index is -0.315. The molecule has 0 saturated heterocycles. The van der Waals surface area contributed by atoms with Gasteiger partial charge in [0.05, 0.1) is 13.2 Å². The molecule has 2 aromatic heterocycles. The molecule has 2 heterocycles. The van der Waals surface area contributed by atoms with Gasteiger partial charge in [0.15, 0.2) is 23.8 Å². The van der Waals surface area contributed by atoms with E-state index < -0.39 is 0 Å². The number of benzene rings is 1.